The molecule has 0 aliphatic rings. The molecule has 1 aromatic heterocycles. The zero-order valence-electron chi connectivity index (χ0n) is 16.1. The number of para-hydroxylation sites is 1. The molecule has 0 spiro atoms. The van der Waals surface area contributed by atoms with Gasteiger partial charge in [0.05, 0.1) is 11.4 Å². The van der Waals surface area contributed by atoms with Gasteiger partial charge in [0, 0.05) is 30.6 Å². The Kier molecular flexibility index (Phi) is 7.42. The van der Waals surface area contributed by atoms with Crippen LogP contribution in [0.2, 0.25) is 5.02 Å². The second kappa shape index (κ2) is 10.2. The standard InChI is InChI=1S/C20H19ClFN5O2S/c1-27-17(10-11-23-19(29)13-6-8-14(21)9-7-13)25-26-20(27)30-12-18(28)24-16-5-3-2-4-15(16)22/h2-9H,10-12H2,1H3,(H,23,29)(H,24,28). The van der Waals surface area contributed by atoms with Crippen LogP contribution < -0.4 is 10.6 Å². The van der Waals surface area contributed by atoms with E-state index in [1.807, 2.05) is 0 Å². The van der Waals surface area contributed by atoms with E-state index >= 15 is 0 Å². The molecule has 2 amide bonds. The molecule has 0 atom stereocenters. The number of carbonyl (C=O) groups excluding carboxylic acids is 2. The number of hydrogen-bond acceptors (Lipinski definition) is 5. The fourth-order valence-electron chi connectivity index (χ4n) is 2.56. The number of anilines is 1. The molecule has 156 valence electrons. The first kappa shape index (κ1) is 21.8. The van der Waals surface area contributed by atoms with Crippen LogP contribution in [0.5, 0.6) is 0 Å². The fraction of sp³-hybridized carbons (Fsp3) is 0.200. The molecular weight excluding hydrogens is 429 g/mol. The highest BCUT2D eigenvalue weighted by molar-refractivity contribution is 7.99. The van der Waals surface area contributed by atoms with Gasteiger partial charge in [0.2, 0.25) is 5.91 Å². The third-order valence-corrected chi connectivity index (χ3v) is 5.42. The summed E-state index contributed by atoms with van der Waals surface area (Å²) in [4.78, 5) is 24.2. The predicted octanol–water partition coefficient (Wildman–Crippen LogP) is 3.31. The van der Waals surface area contributed by atoms with Crippen molar-refractivity contribution in [1.82, 2.24) is 20.1 Å². The minimum atomic E-state index is -0.488. The van der Waals surface area contributed by atoms with Crippen molar-refractivity contribution in [2.24, 2.45) is 7.05 Å². The Hall–Kier alpha value is -2.91. The summed E-state index contributed by atoms with van der Waals surface area (Å²) in [7, 11) is 1.79. The van der Waals surface area contributed by atoms with Gasteiger partial charge in [0.1, 0.15) is 11.6 Å². The lowest BCUT2D eigenvalue weighted by Crippen LogP contribution is -2.26. The van der Waals surface area contributed by atoms with E-state index in [0.29, 0.717) is 34.5 Å². The number of amides is 2. The number of nitrogens with zero attached hydrogens (tertiary/aromatic N) is 3. The third-order valence-electron chi connectivity index (χ3n) is 4.15. The van der Waals surface area contributed by atoms with Crippen molar-refractivity contribution in [3.63, 3.8) is 0 Å². The first-order valence-corrected chi connectivity index (χ1v) is 10.4. The number of thioether (sulfide) groups is 1. The third kappa shape index (κ3) is 5.80. The monoisotopic (exact) mass is 447 g/mol. The van der Waals surface area contributed by atoms with Crippen LogP contribution in [0.4, 0.5) is 10.1 Å². The number of hydrogen-bond donors (Lipinski definition) is 2. The number of nitrogens with one attached hydrogen (secondary N) is 2. The highest BCUT2D eigenvalue weighted by Gasteiger charge is 2.13. The van der Waals surface area contributed by atoms with Crippen molar-refractivity contribution < 1.29 is 14.0 Å². The Morgan fingerprint density at radius 2 is 1.87 bits per heavy atom. The summed E-state index contributed by atoms with van der Waals surface area (Å²) in [5.74, 6) is -0.299. The molecule has 3 rings (SSSR count). The summed E-state index contributed by atoms with van der Waals surface area (Å²) in [5.41, 5.74) is 0.660. The first-order valence-electron chi connectivity index (χ1n) is 9.03. The van der Waals surface area contributed by atoms with Crippen LogP contribution in [-0.4, -0.2) is 38.9 Å². The van der Waals surface area contributed by atoms with E-state index < -0.39 is 5.82 Å². The molecule has 0 fully saturated rings. The molecule has 0 aliphatic carbocycles. The molecule has 7 nitrogen and oxygen atoms in total. The van der Waals surface area contributed by atoms with Crippen LogP contribution in [0.1, 0.15) is 16.2 Å². The van der Waals surface area contributed by atoms with Crippen molar-refractivity contribution in [2.45, 2.75) is 11.6 Å². The van der Waals surface area contributed by atoms with Gasteiger partial charge in [-0.2, -0.15) is 0 Å². The largest absolute Gasteiger partial charge is 0.352 e. The van der Waals surface area contributed by atoms with Gasteiger partial charge in [-0.25, -0.2) is 4.39 Å². The van der Waals surface area contributed by atoms with E-state index in [0.717, 1.165) is 0 Å². The minimum Gasteiger partial charge on any atom is -0.352 e. The van der Waals surface area contributed by atoms with E-state index in [9.17, 15) is 14.0 Å². The van der Waals surface area contributed by atoms with Crippen molar-refractivity contribution in [1.29, 1.82) is 0 Å². The highest BCUT2D eigenvalue weighted by atomic mass is 35.5. The van der Waals surface area contributed by atoms with Gasteiger partial charge < -0.3 is 15.2 Å². The molecule has 0 saturated heterocycles. The van der Waals surface area contributed by atoms with E-state index in [4.69, 9.17) is 11.6 Å². The summed E-state index contributed by atoms with van der Waals surface area (Å²) >= 11 is 7.01. The predicted molar refractivity (Wildman–Crippen MR) is 114 cm³/mol. The zero-order chi connectivity index (χ0) is 21.5. The smallest absolute Gasteiger partial charge is 0.251 e. The highest BCUT2D eigenvalue weighted by Crippen LogP contribution is 2.18. The summed E-state index contributed by atoms with van der Waals surface area (Å²) in [6.07, 6.45) is 0.477. The molecule has 3 aromatic rings. The second-order valence-corrected chi connectivity index (χ2v) is 7.67. The molecule has 30 heavy (non-hydrogen) atoms. The van der Waals surface area contributed by atoms with Crippen LogP contribution in [0, 0.1) is 5.82 Å². The van der Waals surface area contributed by atoms with E-state index in [1.165, 1.54) is 23.9 Å². The summed E-state index contributed by atoms with van der Waals surface area (Å²) < 4.78 is 15.4. The van der Waals surface area contributed by atoms with Gasteiger partial charge in [-0.1, -0.05) is 35.5 Å². The van der Waals surface area contributed by atoms with Crippen molar-refractivity contribution >= 4 is 40.9 Å². The van der Waals surface area contributed by atoms with Crippen LogP contribution >= 0.6 is 23.4 Å². The number of benzene rings is 2. The average Bonchev–Trinajstić information content (AvgIpc) is 3.08. The van der Waals surface area contributed by atoms with Crippen LogP contribution in [0.3, 0.4) is 0 Å². The first-order chi connectivity index (χ1) is 14.4. The van der Waals surface area contributed by atoms with Crippen molar-refractivity contribution in [3.05, 3.63) is 70.8 Å². The summed E-state index contributed by atoms with van der Waals surface area (Å²) in [6, 6.07) is 12.6. The molecule has 1 heterocycles. The fourth-order valence-corrected chi connectivity index (χ4v) is 3.41. The SMILES string of the molecule is Cn1c(CCNC(=O)c2ccc(Cl)cc2)nnc1SCC(=O)Nc1ccccc1F. The van der Waals surface area contributed by atoms with Gasteiger partial charge in [-0.15, -0.1) is 10.2 Å². The number of halogens is 2. The Labute approximate surface area is 182 Å². The molecule has 10 heteroatoms. The topological polar surface area (TPSA) is 88.9 Å². The lowest BCUT2D eigenvalue weighted by atomic mass is 10.2. The van der Waals surface area contributed by atoms with Gasteiger partial charge in [0.15, 0.2) is 5.16 Å². The van der Waals surface area contributed by atoms with Gasteiger partial charge in [0.25, 0.3) is 5.91 Å². The Bertz CT molecular complexity index is 1040. The summed E-state index contributed by atoms with van der Waals surface area (Å²) in [5, 5.41) is 14.6. The maximum atomic E-state index is 13.6. The maximum Gasteiger partial charge on any atom is 0.251 e. The van der Waals surface area contributed by atoms with Crippen LogP contribution in [0.25, 0.3) is 0 Å². The average molecular weight is 448 g/mol. The number of aromatic nitrogens is 3. The number of carbonyl (C=O) groups is 2. The molecule has 0 aliphatic heterocycles. The molecule has 0 unspecified atom stereocenters. The molecule has 2 aromatic carbocycles. The van der Waals surface area contributed by atoms with E-state index in [-0.39, 0.29) is 23.3 Å². The minimum absolute atomic E-state index is 0.0631. The summed E-state index contributed by atoms with van der Waals surface area (Å²) in [6.45, 7) is 0.381. The Morgan fingerprint density at radius 3 is 2.60 bits per heavy atom. The van der Waals surface area contributed by atoms with Gasteiger partial charge in [-0.3, -0.25) is 9.59 Å². The van der Waals surface area contributed by atoms with E-state index in [2.05, 4.69) is 20.8 Å². The Morgan fingerprint density at radius 1 is 1.13 bits per heavy atom. The second-order valence-electron chi connectivity index (χ2n) is 6.29. The van der Waals surface area contributed by atoms with Gasteiger partial charge >= 0.3 is 0 Å². The molecular formula is C20H19ClFN5O2S. The number of rotatable bonds is 8. The van der Waals surface area contributed by atoms with Crippen LogP contribution in [-0.2, 0) is 18.3 Å². The quantitative estimate of drug-likeness (QED) is 0.517. The lowest BCUT2D eigenvalue weighted by molar-refractivity contribution is -0.113. The molecule has 2 N–H and O–H groups in total. The van der Waals surface area contributed by atoms with Crippen molar-refractivity contribution in [2.75, 3.05) is 17.6 Å². The molecule has 0 saturated carbocycles. The normalized spacial score (nSPS) is 10.6. The molecule has 0 radical (unpaired) electrons. The Balaban J connectivity index is 1.47. The van der Waals surface area contributed by atoms with Crippen molar-refractivity contribution in [3.8, 4) is 0 Å². The van der Waals surface area contributed by atoms with Crippen LogP contribution in [0.15, 0.2) is 53.7 Å². The maximum absolute atomic E-state index is 13.6. The van der Waals surface area contributed by atoms with Gasteiger partial charge in [-0.05, 0) is 36.4 Å². The van der Waals surface area contributed by atoms with E-state index in [1.54, 1.807) is 48.0 Å². The lowest BCUT2D eigenvalue weighted by Gasteiger charge is -2.07. The molecule has 0 bridgehead atoms. The zero-order valence-corrected chi connectivity index (χ0v) is 17.6.